The molecule has 1 aromatic heterocycles. The first-order chi connectivity index (χ1) is 16.0. The average Bonchev–Trinajstić information content (AvgIpc) is 3.19. The minimum absolute atomic E-state index is 0.346. The largest absolute Gasteiger partial charge is 0.490 e. The molecule has 0 radical (unpaired) electrons. The number of aromatic amines is 1. The Hall–Kier alpha value is -3.00. The van der Waals surface area contributed by atoms with Gasteiger partial charge in [-0.25, -0.2) is 9.77 Å². The van der Waals surface area contributed by atoms with Crippen molar-refractivity contribution in [2.45, 2.75) is 20.1 Å². The second-order valence-electron chi connectivity index (χ2n) is 7.13. The number of rotatable bonds is 9. The highest BCUT2D eigenvalue weighted by Crippen LogP contribution is 2.34. The highest BCUT2D eigenvalue weighted by atomic mass is 35.5. The monoisotopic (exact) mass is 500 g/mol. The molecule has 0 spiro atoms. The topological polar surface area (TPSA) is 64.1 Å². The lowest BCUT2D eigenvalue weighted by Crippen LogP contribution is -2.16. The molecule has 0 unspecified atom stereocenters. The van der Waals surface area contributed by atoms with E-state index in [9.17, 15) is 0 Å². The number of nitrogens with one attached hydrogen (secondary N) is 2. The van der Waals surface area contributed by atoms with E-state index in [1.165, 1.54) is 0 Å². The van der Waals surface area contributed by atoms with Crippen molar-refractivity contribution in [3.05, 3.63) is 92.7 Å². The SMILES string of the molecule is CCOc1cc(CNn2c(-c3ccccc3)n[nH]c2=S)c(Cl)cc1OCc1cccc(Cl)c1. The van der Waals surface area contributed by atoms with Crippen molar-refractivity contribution in [2.75, 3.05) is 12.0 Å². The summed E-state index contributed by atoms with van der Waals surface area (Å²) in [6.07, 6.45) is 0. The number of halogens is 2. The summed E-state index contributed by atoms with van der Waals surface area (Å²) in [5, 5.41) is 8.37. The minimum atomic E-state index is 0.346. The van der Waals surface area contributed by atoms with Crippen molar-refractivity contribution in [3.8, 4) is 22.9 Å². The van der Waals surface area contributed by atoms with Crippen molar-refractivity contribution in [1.29, 1.82) is 0 Å². The van der Waals surface area contributed by atoms with Gasteiger partial charge in [0, 0.05) is 21.7 Å². The molecule has 0 saturated heterocycles. The smallest absolute Gasteiger partial charge is 0.214 e. The van der Waals surface area contributed by atoms with Crippen LogP contribution in [0, 0.1) is 4.77 Å². The summed E-state index contributed by atoms with van der Waals surface area (Å²) < 4.78 is 14.0. The van der Waals surface area contributed by atoms with E-state index >= 15 is 0 Å². The van der Waals surface area contributed by atoms with Gasteiger partial charge in [0.15, 0.2) is 17.3 Å². The molecule has 3 aromatic carbocycles. The van der Waals surface area contributed by atoms with Gasteiger partial charge in [-0.2, -0.15) is 5.10 Å². The zero-order valence-electron chi connectivity index (χ0n) is 17.8. The van der Waals surface area contributed by atoms with Crippen LogP contribution < -0.4 is 14.9 Å². The van der Waals surface area contributed by atoms with Crippen LogP contribution in [0.15, 0.2) is 66.7 Å². The maximum absolute atomic E-state index is 6.59. The molecule has 4 rings (SSSR count). The maximum atomic E-state index is 6.59. The van der Waals surface area contributed by atoms with Crippen molar-refractivity contribution in [2.24, 2.45) is 0 Å². The van der Waals surface area contributed by atoms with E-state index in [1.807, 2.05) is 67.6 Å². The quantitative estimate of drug-likeness (QED) is 0.252. The highest BCUT2D eigenvalue weighted by molar-refractivity contribution is 7.71. The van der Waals surface area contributed by atoms with Crippen LogP contribution in [0.3, 0.4) is 0 Å². The fourth-order valence-corrected chi connectivity index (χ4v) is 3.90. The van der Waals surface area contributed by atoms with Gasteiger partial charge in [0.2, 0.25) is 4.77 Å². The lowest BCUT2D eigenvalue weighted by atomic mass is 10.2. The molecule has 0 aliphatic rings. The molecule has 0 bridgehead atoms. The van der Waals surface area contributed by atoms with Gasteiger partial charge in [0.1, 0.15) is 6.61 Å². The third kappa shape index (κ3) is 5.68. The van der Waals surface area contributed by atoms with Gasteiger partial charge >= 0.3 is 0 Å². The van der Waals surface area contributed by atoms with Crippen molar-refractivity contribution in [3.63, 3.8) is 0 Å². The van der Waals surface area contributed by atoms with Crippen LogP contribution in [0.4, 0.5) is 0 Å². The normalized spacial score (nSPS) is 10.8. The molecule has 0 saturated carbocycles. The van der Waals surface area contributed by atoms with E-state index in [-0.39, 0.29) is 0 Å². The molecule has 0 aliphatic carbocycles. The Bertz CT molecular complexity index is 1290. The Kier molecular flexibility index (Phi) is 7.54. The third-order valence-electron chi connectivity index (χ3n) is 4.83. The molecule has 1 heterocycles. The highest BCUT2D eigenvalue weighted by Gasteiger charge is 2.14. The molecular weight excluding hydrogens is 479 g/mol. The Morgan fingerprint density at radius 3 is 2.55 bits per heavy atom. The molecule has 33 heavy (non-hydrogen) atoms. The zero-order valence-corrected chi connectivity index (χ0v) is 20.2. The second-order valence-corrected chi connectivity index (χ2v) is 8.36. The summed E-state index contributed by atoms with van der Waals surface area (Å²) in [5.41, 5.74) is 6.01. The molecule has 9 heteroatoms. The van der Waals surface area contributed by atoms with Crippen LogP contribution in [0.1, 0.15) is 18.1 Å². The average molecular weight is 501 g/mol. The number of hydrogen-bond acceptors (Lipinski definition) is 5. The maximum Gasteiger partial charge on any atom is 0.214 e. The number of aromatic nitrogens is 3. The summed E-state index contributed by atoms with van der Waals surface area (Å²) in [4.78, 5) is 0. The van der Waals surface area contributed by atoms with Crippen LogP contribution in [0.2, 0.25) is 10.0 Å². The summed E-state index contributed by atoms with van der Waals surface area (Å²) in [7, 11) is 0. The van der Waals surface area contributed by atoms with Gasteiger partial charge in [0.25, 0.3) is 0 Å². The molecule has 0 atom stereocenters. The van der Waals surface area contributed by atoms with Gasteiger partial charge in [-0.1, -0.05) is 65.7 Å². The Morgan fingerprint density at radius 2 is 1.79 bits per heavy atom. The molecular formula is C24H22Cl2N4O2S. The molecule has 170 valence electrons. The van der Waals surface area contributed by atoms with E-state index in [0.29, 0.717) is 51.9 Å². The summed E-state index contributed by atoms with van der Waals surface area (Å²) >= 11 is 18.1. The van der Waals surface area contributed by atoms with E-state index in [2.05, 4.69) is 15.6 Å². The minimum Gasteiger partial charge on any atom is -0.490 e. The molecule has 2 N–H and O–H groups in total. The molecule has 0 aliphatic heterocycles. The summed E-state index contributed by atoms with van der Waals surface area (Å²) in [6.45, 7) is 3.16. The van der Waals surface area contributed by atoms with Crippen molar-refractivity contribution < 1.29 is 9.47 Å². The number of hydrogen-bond donors (Lipinski definition) is 2. The van der Waals surface area contributed by atoms with Crippen LogP contribution in [0.5, 0.6) is 11.5 Å². The van der Waals surface area contributed by atoms with Crippen molar-refractivity contribution >= 4 is 35.4 Å². The standard InChI is InChI=1S/C24H22Cl2N4O2S/c1-2-31-21-12-18(20(26)13-22(21)32-15-16-7-6-10-19(25)11-16)14-27-30-23(28-29-24(30)33)17-8-4-3-5-9-17/h3-13,27H,2,14-15H2,1H3,(H,29,33). The van der Waals surface area contributed by atoms with Gasteiger partial charge in [0.05, 0.1) is 13.2 Å². The Labute approximate surface area is 207 Å². The first kappa shape index (κ1) is 23.2. The summed E-state index contributed by atoms with van der Waals surface area (Å²) in [6, 6.07) is 20.9. The van der Waals surface area contributed by atoms with Crippen LogP contribution in [-0.2, 0) is 13.2 Å². The first-order valence-corrected chi connectivity index (χ1v) is 11.5. The zero-order chi connectivity index (χ0) is 23.2. The van der Waals surface area contributed by atoms with Crippen LogP contribution >= 0.6 is 35.4 Å². The van der Waals surface area contributed by atoms with Gasteiger partial charge in [-0.05, 0) is 48.5 Å². The molecule has 6 nitrogen and oxygen atoms in total. The van der Waals surface area contributed by atoms with E-state index in [0.717, 1.165) is 16.7 Å². The van der Waals surface area contributed by atoms with Gasteiger partial charge in [-0.15, -0.1) is 0 Å². The predicted molar refractivity (Wildman–Crippen MR) is 134 cm³/mol. The predicted octanol–water partition coefficient (Wildman–Crippen LogP) is 6.64. The van der Waals surface area contributed by atoms with Crippen LogP contribution in [-0.4, -0.2) is 21.5 Å². The van der Waals surface area contributed by atoms with Gasteiger partial charge < -0.3 is 14.9 Å². The van der Waals surface area contributed by atoms with Crippen molar-refractivity contribution in [1.82, 2.24) is 14.9 Å². The lowest BCUT2D eigenvalue weighted by Gasteiger charge is -2.16. The van der Waals surface area contributed by atoms with Gasteiger partial charge in [-0.3, -0.25) is 0 Å². The van der Waals surface area contributed by atoms with Crippen LogP contribution in [0.25, 0.3) is 11.4 Å². The molecule has 4 aromatic rings. The number of nitrogens with zero attached hydrogens (tertiary/aromatic N) is 2. The van der Waals surface area contributed by atoms with E-state index in [1.54, 1.807) is 10.7 Å². The first-order valence-electron chi connectivity index (χ1n) is 10.3. The molecule has 0 fully saturated rings. The summed E-state index contributed by atoms with van der Waals surface area (Å²) in [5.74, 6) is 1.86. The number of ether oxygens (including phenoxy) is 2. The fraction of sp³-hybridized carbons (Fsp3) is 0.167. The number of H-pyrrole nitrogens is 1. The Morgan fingerprint density at radius 1 is 1.00 bits per heavy atom. The Balaban J connectivity index is 1.54. The number of benzene rings is 3. The third-order valence-corrected chi connectivity index (χ3v) is 5.69. The van der Waals surface area contributed by atoms with E-state index < -0.39 is 0 Å². The second kappa shape index (κ2) is 10.7. The van der Waals surface area contributed by atoms with E-state index in [4.69, 9.17) is 44.9 Å². The molecule has 0 amide bonds. The lowest BCUT2D eigenvalue weighted by molar-refractivity contribution is 0.269. The fourth-order valence-electron chi connectivity index (χ4n) is 3.27.